The average Bonchev–Trinajstić information content (AvgIpc) is 3.20. The van der Waals surface area contributed by atoms with Crippen molar-refractivity contribution in [2.24, 2.45) is 5.92 Å². The van der Waals surface area contributed by atoms with E-state index in [0.29, 0.717) is 18.8 Å². The number of piperidine rings is 2. The summed E-state index contributed by atoms with van der Waals surface area (Å²) in [4.78, 5) is 39.7. The van der Waals surface area contributed by atoms with Crippen LogP contribution < -0.4 is 10.2 Å². The number of rotatable bonds is 5. The third-order valence-electron chi connectivity index (χ3n) is 7.96. The van der Waals surface area contributed by atoms with Gasteiger partial charge in [-0.3, -0.25) is 14.6 Å². The van der Waals surface area contributed by atoms with Gasteiger partial charge in [-0.05, 0) is 64.1 Å². The molecule has 1 aromatic heterocycles. The monoisotopic (exact) mass is 458 g/mol. The number of carbonyl (C=O) groups is 2. The molecule has 33 heavy (non-hydrogen) atoms. The molecule has 4 heterocycles. The zero-order chi connectivity index (χ0) is 22.9. The minimum atomic E-state index is -0.690. The Morgan fingerprint density at radius 1 is 1.09 bits per heavy atom. The van der Waals surface area contributed by atoms with Crippen LogP contribution in [0, 0.1) is 5.92 Å². The van der Waals surface area contributed by atoms with Crippen LogP contribution in [0.5, 0.6) is 0 Å². The van der Waals surface area contributed by atoms with Crippen LogP contribution in [0.4, 0.5) is 16.6 Å². The average molecular weight is 459 g/mol. The van der Waals surface area contributed by atoms with Crippen molar-refractivity contribution in [2.45, 2.75) is 69.2 Å². The lowest BCUT2D eigenvalue weighted by molar-refractivity contribution is -0.143. The standard InChI is InChI=1S/C23H34N6O4/c1-24-22-25-10-5-19(26-22)28-13-8-16(9-14-28)29-18-4-2-3-17(20(18)33-23(29)32)27-11-6-15(7-12-27)21(30)31/h5,10,15-18,20H,2-4,6-9,11-14H2,1H3,(H,30,31)(H,24,25,26). The number of aromatic nitrogens is 2. The van der Waals surface area contributed by atoms with Gasteiger partial charge < -0.3 is 20.1 Å². The second kappa shape index (κ2) is 9.32. The van der Waals surface area contributed by atoms with Crippen LogP contribution >= 0.6 is 0 Å². The molecular weight excluding hydrogens is 424 g/mol. The number of ether oxygens (including phenoxy) is 1. The highest BCUT2D eigenvalue weighted by Crippen LogP contribution is 2.39. The van der Waals surface area contributed by atoms with E-state index in [1.807, 2.05) is 18.0 Å². The Labute approximate surface area is 194 Å². The minimum absolute atomic E-state index is 0.106. The van der Waals surface area contributed by atoms with Crippen molar-refractivity contribution in [1.29, 1.82) is 0 Å². The van der Waals surface area contributed by atoms with Gasteiger partial charge >= 0.3 is 12.1 Å². The van der Waals surface area contributed by atoms with E-state index < -0.39 is 5.97 Å². The molecule has 1 amide bonds. The molecule has 4 fully saturated rings. The van der Waals surface area contributed by atoms with E-state index >= 15 is 0 Å². The van der Waals surface area contributed by atoms with E-state index in [0.717, 1.165) is 64.1 Å². The van der Waals surface area contributed by atoms with Crippen molar-refractivity contribution in [1.82, 2.24) is 19.8 Å². The van der Waals surface area contributed by atoms with E-state index in [1.54, 1.807) is 6.20 Å². The molecule has 4 aliphatic rings. The maximum atomic E-state index is 13.0. The number of carboxylic acid groups (broad SMARTS) is 1. The summed E-state index contributed by atoms with van der Waals surface area (Å²) < 4.78 is 6.00. The Hall–Kier alpha value is -2.62. The molecule has 10 heteroatoms. The highest BCUT2D eigenvalue weighted by Gasteiger charge is 2.51. The first-order valence-electron chi connectivity index (χ1n) is 12.3. The number of hydrogen-bond donors (Lipinski definition) is 2. The van der Waals surface area contributed by atoms with Crippen molar-refractivity contribution in [3.05, 3.63) is 12.3 Å². The number of hydrogen-bond acceptors (Lipinski definition) is 8. The van der Waals surface area contributed by atoms with Crippen molar-refractivity contribution in [2.75, 3.05) is 43.4 Å². The molecule has 3 saturated heterocycles. The Morgan fingerprint density at radius 3 is 2.52 bits per heavy atom. The van der Waals surface area contributed by atoms with Crippen molar-refractivity contribution >= 4 is 23.8 Å². The van der Waals surface area contributed by atoms with Gasteiger partial charge in [-0.25, -0.2) is 9.78 Å². The number of carboxylic acids is 1. The van der Waals surface area contributed by atoms with Crippen LogP contribution in [0.15, 0.2) is 12.3 Å². The predicted octanol–water partition coefficient (Wildman–Crippen LogP) is 2.03. The van der Waals surface area contributed by atoms with Gasteiger partial charge in [-0.15, -0.1) is 0 Å². The van der Waals surface area contributed by atoms with Gasteiger partial charge in [0.05, 0.1) is 12.0 Å². The molecule has 5 rings (SSSR count). The first-order chi connectivity index (χ1) is 16.0. The maximum Gasteiger partial charge on any atom is 0.410 e. The number of carbonyl (C=O) groups excluding carboxylic acids is 1. The van der Waals surface area contributed by atoms with E-state index in [2.05, 4.69) is 25.1 Å². The molecule has 3 unspecified atom stereocenters. The van der Waals surface area contributed by atoms with Crippen molar-refractivity contribution in [3.63, 3.8) is 0 Å². The van der Waals surface area contributed by atoms with Gasteiger partial charge in [-0.2, -0.15) is 4.98 Å². The van der Waals surface area contributed by atoms with Gasteiger partial charge in [-0.1, -0.05) is 0 Å². The molecule has 10 nitrogen and oxygen atoms in total. The normalized spacial score (nSPS) is 29.6. The second-order valence-corrected chi connectivity index (χ2v) is 9.68. The molecule has 0 spiro atoms. The summed E-state index contributed by atoms with van der Waals surface area (Å²) in [7, 11) is 1.81. The zero-order valence-corrected chi connectivity index (χ0v) is 19.2. The number of nitrogens with zero attached hydrogens (tertiary/aromatic N) is 5. The summed E-state index contributed by atoms with van der Waals surface area (Å²) in [5.41, 5.74) is 0. The fourth-order valence-corrected chi connectivity index (χ4v) is 6.20. The zero-order valence-electron chi connectivity index (χ0n) is 19.2. The first-order valence-corrected chi connectivity index (χ1v) is 12.3. The summed E-state index contributed by atoms with van der Waals surface area (Å²) in [6.45, 7) is 3.24. The molecule has 0 bridgehead atoms. The number of fused-ring (bicyclic) bond motifs is 1. The van der Waals surface area contributed by atoms with Crippen LogP contribution in [-0.2, 0) is 9.53 Å². The highest BCUT2D eigenvalue weighted by atomic mass is 16.6. The second-order valence-electron chi connectivity index (χ2n) is 9.68. The summed E-state index contributed by atoms with van der Waals surface area (Å²) in [5, 5.41) is 12.3. The number of anilines is 2. The van der Waals surface area contributed by atoms with Crippen molar-refractivity contribution in [3.8, 4) is 0 Å². The Kier molecular flexibility index (Phi) is 6.27. The Balaban J connectivity index is 1.22. The lowest BCUT2D eigenvalue weighted by Crippen LogP contribution is -2.56. The fraction of sp³-hybridized carbons (Fsp3) is 0.739. The first kappa shape index (κ1) is 22.2. The molecule has 1 aliphatic carbocycles. The lowest BCUT2D eigenvalue weighted by atomic mass is 9.84. The largest absolute Gasteiger partial charge is 0.481 e. The van der Waals surface area contributed by atoms with E-state index in [1.165, 1.54) is 0 Å². The summed E-state index contributed by atoms with van der Waals surface area (Å²) >= 11 is 0. The van der Waals surface area contributed by atoms with Crippen LogP contribution in [0.3, 0.4) is 0 Å². The minimum Gasteiger partial charge on any atom is -0.481 e. The van der Waals surface area contributed by atoms with Gasteiger partial charge in [0.25, 0.3) is 0 Å². The summed E-state index contributed by atoms with van der Waals surface area (Å²) in [5.74, 6) is 0.594. The van der Waals surface area contributed by atoms with Crippen LogP contribution in [0.25, 0.3) is 0 Å². The molecule has 3 aliphatic heterocycles. The Morgan fingerprint density at radius 2 is 1.82 bits per heavy atom. The molecule has 180 valence electrons. The van der Waals surface area contributed by atoms with Crippen LogP contribution in [-0.4, -0.2) is 94.4 Å². The van der Waals surface area contributed by atoms with Gasteiger partial charge in [0.15, 0.2) is 0 Å². The molecule has 1 aromatic rings. The highest BCUT2D eigenvalue weighted by molar-refractivity contribution is 5.71. The quantitative estimate of drug-likeness (QED) is 0.684. The lowest BCUT2D eigenvalue weighted by Gasteiger charge is -2.44. The molecule has 3 atom stereocenters. The molecule has 2 N–H and O–H groups in total. The molecular formula is C23H34N6O4. The fourth-order valence-electron chi connectivity index (χ4n) is 6.20. The smallest absolute Gasteiger partial charge is 0.410 e. The van der Waals surface area contributed by atoms with E-state index in [9.17, 15) is 14.7 Å². The van der Waals surface area contributed by atoms with E-state index in [-0.39, 0.29) is 36.2 Å². The van der Waals surface area contributed by atoms with Crippen LogP contribution in [0.1, 0.15) is 44.9 Å². The SMILES string of the molecule is CNc1nccc(N2CCC(N3C(=O)OC4C(N5CCC(C(=O)O)CC5)CCCC43)CC2)n1. The van der Waals surface area contributed by atoms with Gasteiger partial charge in [0.2, 0.25) is 5.95 Å². The third-order valence-corrected chi connectivity index (χ3v) is 7.96. The summed E-state index contributed by atoms with van der Waals surface area (Å²) in [6.07, 6.45) is 7.71. The number of aliphatic carboxylic acids is 1. The maximum absolute atomic E-state index is 13.0. The van der Waals surface area contributed by atoms with Crippen LogP contribution in [0.2, 0.25) is 0 Å². The number of likely N-dealkylation sites (tertiary alicyclic amines) is 1. The topological polar surface area (TPSA) is 111 Å². The predicted molar refractivity (Wildman–Crippen MR) is 122 cm³/mol. The number of amides is 1. The molecule has 0 aromatic carbocycles. The van der Waals surface area contributed by atoms with Gasteiger partial charge in [0.1, 0.15) is 11.9 Å². The van der Waals surface area contributed by atoms with Gasteiger partial charge in [0, 0.05) is 38.4 Å². The third kappa shape index (κ3) is 4.32. The van der Waals surface area contributed by atoms with E-state index in [4.69, 9.17) is 4.74 Å². The summed E-state index contributed by atoms with van der Waals surface area (Å²) in [6, 6.07) is 2.44. The molecule has 0 radical (unpaired) electrons. The number of nitrogens with one attached hydrogen (secondary N) is 1. The van der Waals surface area contributed by atoms with Crippen molar-refractivity contribution < 1.29 is 19.4 Å². The molecule has 1 saturated carbocycles. The Bertz CT molecular complexity index is 868.